The van der Waals surface area contributed by atoms with E-state index in [-0.39, 0.29) is 16.8 Å². The number of nitrogens with two attached hydrogens (primary N) is 1. The van der Waals surface area contributed by atoms with Gasteiger partial charge in [0.15, 0.2) is 5.82 Å². The zero-order chi connectivity index (χ0) is 23.3. The summed E-state index contributed by atoms with van der Waals surface area (Å²) in [7, 11) is -0.942. The molecule has 0 saturated carbocycles. The molecule has 3 aromatic rings. The van der Waals surface area contributed by atoms with Crippen LogP contribution in [0.4, 0.5) is 23.1 Å². The zero-order valence-corrected chi connectivity index (χ0v) is 19.3. The molecule has 0 aliphatic heterocycles. The zero-order valence-electron chi connectivity index (χ0n) is 17.6. The molecule has 1 amide bonds. The maximum Gasteiger partial charge on any atom is 0.250 e. The molecule has 0 radical (unpaired) electrons. The van der Waals surface area contributed by atoms with E-state index in [2.05, 4.69) is 27.2 Å². The summed E-state index contributed by atoms with van der Waals surface area (Å²) >= 11 is 6.26. The SMILES string of the molecule is C=CP(C)(=O)Cc1ccc(OC)c(Nc2ncc(Cl)c(Nc3ccccc3C(N)=O)n2)c1. The summed E-state index contributed by atoms with van der Waals surface area (Å²) in [4.78, 5) is 20.3. The van der Waals surface area contributed by atoms with E-state index < -0.39 is 13.0 Å². The number of nitrogens with zero attached hydrogens (tertiary/aromatic N) is 2. The highest BCUT2D eigenvalue weighted by Gasteiger charge is 2.15. The van der Waals surface area contributed by atoms with Gasteiger partial charge in [-0.1, -0.05) is 36.4 Å². The van der Waals surface area contributed by atoms with Gasteiger partial charge in [-0.05, 0) is 42.3 Å². The number of amides is 1. The first-order valence-electron chi connectivity index (χ1n) is 9.54. The van der Waals surface area contributed by atoms with Crippen LogP contribution in [-0.2, 0) is 10.7 Å². The van der Waals surface area contributed by atoms with Crippen molar-refractivity contribution in [1.82, 2.24) is 9.97 Å². The Bertz CT molecular complexity index is 1220. The topological polar surface area (TPSA) is 119 Å². The molecule has 0 fully saturated rings. The minimum atomic E-state index is -2.49. The third-order valence-electron chi connectivity index (χ3n) is 4.58. The number of para-hydroxylation sites is 1. The van der Waals surface area contributed by atoms with Crippen LogP contribution in [0.1, 0.15) is 15.9 Å². The summed E-state index contributed by atoms with van der Waals surface area (Å²) in [6.07, 6.45) is 1.80. The van der Waals surface area contributed by atoms with Gasteiger partial charge in [0.05, 0.1) is 30.2 Å². The fourth-order valence-corrected chi connectivity index (χ4v) is 4.14. The van der Waals surface area contributed by atoms with Gasteiger partial charge in [-0.2, -0.15) is 4.98 Å². The smallest absolute Gasteiger partial charge is 0.250 e. The Morgan fingerprint density at radius 1 is 1.25 bits per heavy atom. The van der Waals surface area contributed by atoms with Crippen molar-refractivity contribution in [2.45, 2.75) is 6.16 Å². The normalized spacial score (nSPS) is 12.5. The highest BCUT2D eigenvalue weighted by atomic mass is 35.5. The number of methoxy groups -OCH3 is 1. The molecule has 0 aliphatic rings. The van der Waals surface area contributed by atoms with E-state index in [9.17, 15) is 9.36 Å². The molecule has 0 saturated heterocycles. The van der Waals surface area contributed by atoms with E-state index in [0.717, 1.165) is 5.56 Å². The predicted molar refractivity (Wildman–Crippen MR) is 129 cm³/mol. The summed E-state index contributed by atoms with van der Waals surface area (Å²) in [5.74, 6) is 2.01. The minimum Gasteiger partial charge on any atom is -0.495 e. The Kier molecular flexibility index (Phi) is 7.18. The lowest BCUT2D eigenvalue weighted by Gasteiger charge is -2.15. The molecule has 1 unspecified atom stereocenters. The number of hydrogen-bond acceptors (Lipinski definition) is 7. The van der Waals surface area contributed by atoms with Crippen LogP contribution in [0, 0.1) is 0 Å². The van der Waals surface area contributed by atoms with Crippen molar-refractivity contribution in [3.63, 3.8) is 0 Å². The molecular formula is C22H23ClN5O3P. The first-order chi connectivity index (χ1) is 15.2. The Morgan fingerprint density at radius 3 is 2.69 bits per heavy atom. The number of primary amides is 1. The van der Waals surface area contributed by atoms with Gasteiger partial charge in [0, 0.05) is 6.16 Å². The Hall–Kier alpha value is -3.35. The monoisotopic (exact) mass is 471 g/mol. The van der Waals surface area contributed by atoms with Crippen LogP contribution in [0.25, 0.3) is 0 Å². The van der Waals surface area contributed by atoms with Crippen LogP contribution < -0.4 is 21.1 Å². The first kappa shape index (κ1) is 23.3. The molecule has 0 spiro atoms. The van der Waals surface area contributed by atoms with Gasteiger partial charge in [0.25, 0.3) is 5.91 Å². The lowest BCUT2D eigenvalue weighted by molar-refractivity contribution is 0.100. The number of benzene rings is 2. The molecule has 166 valence electrons. The van der Waals surface area contributed by atoms with Crippen molar-refractivity contribution in [3.8, 4) is 5.75 Å². The molecule has 1 aromatic heterocycles. The molecular weight excluding hydrogens is 449 g/mol. The average molecular weight is 472 g/mol. The summed E-state index contributed by atoms with van der Waals surface area (Å²) in [5.41, 5.74) is 7.66. The van der Waals surface area contributed by atoms with Crippen molar-refractivity contribution in [3.05, 3.63) is 77.2 Å². The van der Waals surface area contributed by atoms with Crippen molar-refractivity contribution in [2.24, 2.45) is 5.73 Å². The number of carbonyl (C=O) groups is 1. The summed E-state index contributed by atoms with van der Waals surface area (Å²) in [6.45, 7) is 5.33. The largest absolute Gasteiger partial charge is 0.495 e. The van der Waals surface area contributed by atoms with Crippen LogP contribution in [-0.4, -0.2) is 29.6 Å². The minimum absolute atomic E-state index is 0.243. The van der Waals surface area contributed by atoms with Crippen molar-refractivity contribution in [2.75, 3.05) is 24.4 Å². The van der Waals surface area contributed by atoms with Gasteiger partial charge < -0.3 is 25.7 Å². The van der Waals surface area contributed by atoms with Gasteiger partial charge in [-0.3, -0.25) is 4.79 Å². The number of anilines is 4. The molecule has 4 N–H and O–H groups in total. The second kappa shape index (κ2) is 9.85. The van der Waals surface area contributed by atoms with Crippen LogP contribution >= 0.6 is 18.7 Å². The third kappa shape index (κ3) is 5.66. The van der Waals surface area contributed by atoms with Crippen molar-refractivity contribution < 1.29 is 14.1 Å². The molecule has 10 heteroatoms. The first-order valence-corrected chi connectivity index (χ1v) is 12.3. The predicted octanol–water partition coefficient (Wildman–Crippen LogP) is 5.36. The number of carbonyl (C=O) groups excluding carboxylic acids is 1. The summed E-state index contributed by atoms with van der Waals surface area (Å²) in [5, 5.41) is 6.39. The number of hydrogen-bond donors (Lipinski definition) is 3. The van der Waals surface area contributed by atoms with Crippen LogP contribution in [0.3, 0.4) is 0 Å². The van der Waals surface area contributed by atoms with E-state index in [1.807, 2.05) is 12.1 Å². The number of ether oxygens (including phenoxy) is 1. The summed E-state index contributed by atoms with van der Waals surface area (Å²) in [6, 6.07) is 12.2. The van der Waals surface area contributed by atoms with Crippen molar-refractivity contribution >= 4 is 47.8 Å². The third-order valence-corrected chi connectivity index (χ3v) is 6.62. The Balaban J connectivity index is 1.91. The van der Waals surface area contributed by atoms with E-state index in [4.69, 9.17) is 22.1 Å². The lowest BCUT2D eigenvalue weighted by atomic mass is 10.1. The summed E-state index contributed by atoms with van der Waals surface area (Å²) < 4.78 is 17.9. The molecule has 32 heavy (non-hydrogen) atoms. The number of nitrogens with one attached hydrogen (secondary N) is 2. The standard InChI is InChI=1S/C22H23ClN5O3P/c1-4-32(3,30)13-14-9-10-19(31-2)18(11-14)27-22-25-12-16(23)21(28-22)26-17-8-6-5-7-15(17)20(24)29/h4-12H,1,13H2,2-3H3,(H2,24,29)(H2,25,26,27,28). The molecule has 0 bridgehead atoms. The van der Waals surface area contributed by atoms with Gasteiger partial charge in [-0.25, -0.2) is 4.98 Å². The second-order valence-corrected chi connectivity index (χ2v) is 10.5. The highest BCUT2D eigenvalue weighted by molar-refractivity contribution is 7.65. The Labute approximate surface area is 191 Å². The lowest BCUT2D eigenvalue weighted by Crippen LogP contribution is -2.13. The number of aromatic nitrogens is 2. The quantitative estimate of drug-likeness (QED) is 0.359. The van der Waals surface area contributed by atoms with E-state index in [1.54, 1.807) is 44.1 Å². The molecule has 1 atom stereocenters. The Morgan fingerprint density at radius 2 is 2.00 bits per heavy atom. The maximum absolute atomic E-state index is 12.5. The van der Waals surface area contributed by atoms with Crippen LogP contribution in [0.5, 0.6) is 5.75 Å². The van der Waals surface area contributed by atoms with Gasteiger partial charge in [0.1, 0.15) is 17.9 Å². The molecule has 8 nitrogen and oxygen atoms in total. The molecule has 3 rings (SSSR count). The fraction of sp³-hybridized carbons (Fsp3) is 0.136. The van der Waals surface area contributed by atoms with Gasteiger partial charge >= 0.3 is 0 Å². The van der Waals surface area contributed by atoms with E-state index in [0.29, 0.717) is 28.8 Å². The molecule has 0 aliphatic carbocycles. The van der Waals surface area contributed by atoms with E-state index in [1.165, 1.54) is 12.0 Å². The number of rotatable bonds is 9. The van der Waals surface area contributed by atoms with Gasteiger partial charge in [-0.15, -0.1) is 0 Å². The second-order valence-electron chi connectivity index (χ2n) is 7.10. The fourth-order valence-electron chi connectivity index (χ4n) is 2.95. The average Bonchev–Trinajstić information content (AvgIpc) is 2.76. The number of halogens is 1. The molecule has 2 aromatic carbocycles. The highest BCUT2D eigenvalue weighted by Crippen LogP contribution is 2.46. The van der Waals surface area contributed by atoms with Crippen LogP contribution in [0.2, 0.25) is 5.02 Å². The van der Waals surface area contributed by atoms with Crippen LogP contribution in [0.15, 0.2) is 61.1 Å². The van der Waals surface area contributed by atoms with Crippen molar-refractivity contribution in [1.29, 1.82) is 0 Å². The molecule has 1 heterocycles. The maximum atomic E-state index is 12.5. The van der Waals surface area contributed by atoms with Gasteiger partial charge in [0.2, 0.25) is 5.95 Å². The van der Waals surface area contributed by atoms with E-state index >= 15 is 0 Å².